The van der Waals surface area contributed by atoms with Crippen molar-refractivity contribution >= 4 is 33.5 Å². The Bertz CT molecular complexity index is 890. The lowest BCUT2D eigenvalue weighted by Crippen LogP contribution is -2.28. The van der Waals surface area contributed by atoms with E-state index < -0.39 is 10.0 Å². The SMILES string of the molecule is CCC(Sc1ccc(S(=O)(=O)N2CCCC2)cn1)C(=O)Nc1cc(C)on1. The summed E-state index contributed by atoms with van der Waals surface area (Å²) in [5.74, 6) is 0.783. The average molecular weight is 411 g/mol. The molecule has 0 bridgehead atoms. The predicted molar refractivity (Wildman–Crippen MR) is 102 cm³/mol. The van der Waals surface area contributed by atoms with E-state index in [9.17, 15) is 13.2 Å². The van der Waals surface area contributed by atoms with Crippen LogP contribution in [0.2, 0.25) is 0 Å². The summed E-state index contributed by atoms with van der Waals surface area (Å²) in [6.45, 7) is 4.75. The van der Waals surface area contributed by atoms with Crippen LogP contribution in [0.5, 0.6) is 0 Å². The zero-order valence-electron chi connectivity index (χ0n) is 15.2. The first-order valence-electron chi connectivity index (χ1n) is 8.77. The monoisotopic (exact) mass is 410 g/mol. The quantitative estimate of drug-likeness (QED) is 0.700. The summed E-state index contributed by atoms with van der Waals surface area (Å²) in [4.78, 5) is 16.8. The van der Waals surface area contributed by atoms with Crippen molar-refractivity contribution < 1.29 is 17.7 Å². The van der Waals surface area contributed by atoms with Crippen molar-refractivity contribution in [1.29, 1.82) is 0 Å². The summed E-state index contributed by atoms with van der Waals surface area (Å²) >= 11 is 1.28. The van der Waals surface area contributed by atoms with Crippen molar-refractivity contribution in [2.24, 2.45) is 0 Å². The molecule has 0 saturated carbocycles. The highest BCUT2D eigenvalue weighted by Crippen LogP contribution is 2.27. The number of aromatic nitrogens is 2. The Labute approximate surface area is 162 Å². The Balaban J connectivity index is 1.66. The Morgan fingerprint density at radius 2 is 2.11 bits per heavy atom. The smallest absolute Gasteiger partial charge is 0.244 e. The van der Waals surface area contributed by atoms with E-state index >= 15 is 0 Å². The maximum atomic E-state index is 12.5. The van der Waals surface area contributed by atoms with Crippen LogP contribution in [-0.4, -0.2) is 47.1 Å². The van der Waals surface area contributed by atoms with E-state index in [0.717, 1.165) is 12.8 Å². The van der Waals surface area contributed by atoms with Gasteiger partial charge in [0.1, 0.15) is 10.7 Å². The second-order valence-electron chi connectivity index (χ2n) is 6.27. The summed E-state index contributed by atoms with van der Waals surface area (Å²) in [6, 6.07) is 4.84. The van der Waals surface area contributed by atoms with Crippen molar-refractivity contribution in [2.45, 2.75) is 48.3 Å². The van der Waals surface area contributed by atoms with Gasteiger partial charge in [0.15, 0.2) is 5.82 Å². The summed E-state index contributed by atoms with van der Waals surface area (Å²) in [5.41, 5.74) is 0. The molecule has 0 aliphatic carbocycles. The van der Waals surface area contributed by atoms with E-state index in [1.165, 1.54) is 22.3 Å². The van der Waals surface area contributed by atoms with Gasteiger partial charge in [0.2, 0.25) is 15.9 Å². The number of carbonyl (C=O) groups is 1. The molecule has 0 aromatic carbocycles. The average Bonchev–Trinajstić information content (AvgIpc) is 3.32. The fourth-order valence-corrected chi connectivity index (χ4v) is 5.11. The molecule has 3 heterocycles. The summed E-state index contributed by atoms with van der Waals surface area (Å²) in [5, 5.41) is 6.68. The molecule has 1 N–H and O–H groups in total. The van der Waals surface area contributed by atoms with Gasteiger partial charge in [0.25, 0.3) is 0 Å². The second-order valence-corrected chi connectivity index (χ2v) is 9.43. The molecule has 0 radical (unpaired) electrons. The number of hydrogen-bond donors (Lipinski definition) is 1. The molecule has 8 nitrogen and oxygen atoms in total. The largest absolute Gasteiger partial charge is 0.360 e. The first-order valence-corrected chi connectivity index (χ1v) is 11.1. The normalized spacial score (nSPS) is 16.4. The zero-order valence-corrected chi connectivity index (χ0v) is 16.8. The lowest BCUT2D eigenvalue weighted by molar-refractivity contribution is -0.115. The third-order valence-electron chi connectivity index (χ3n) is 4.22. The Hall–Kier alpha value is -1.91. The van der Waals surface area contributed by atoms with Crippen molar-refractivity contribution in [1.82, 2.24) is 14.4 Å². The highest BCUT2D eigenvalue weighted by Gasteiger charge is 2.27. The van der Waals surface area contributed by atoms with Gasteiger partial charge in [-0.15, -0.1) is 0 Å². The molecular weight excluding hydrogens is 388 g/mol. The molecule has 1 saturated heterocycles. The lowest BCUT2D eigenvalue weighted by atomic mass is 10.3. The number of thioether (sulfide) groups is 1. The van der Waals surface area contributed by atoms with Gasteiger partial charge >= 0.3 is 0 Å². The van der Waals surface area contributed by atoms with Gasteiger partial charge in [-0.1, -0.05) is 23.8 Å². The van der Waals surface area contributed by atoms with E-state index in [4.69, 9.17) is 4.52 Å². The van der Waals surface area contributed by atoms with E-state index in [1.807, 2.05) is 6.92 Å². The Kier molecular flexibility index (Phi) is 6.18. The highest BCUT2D eigenvalue weighted by molar-refractivity contribution is 8.00. The van der Waals surface area contributed by atoms with Crippen LogP contribution in [0, 0.1) is 6.92 Å². The molecule has 27 heavy (non-hydrogen) atoms. The van der Waals surface area contributed by atoms with Crippen LogP contribution in [0.15, 0.2) is 38.8 Å². The number of anilines is 1. The first-order chi connectivity index (χ1) is 12.9. The highest BCUT2D eigenvalue weighted by atomic mass is 32.2. The Morgan fingerprint density at radius 1 is 1.37 bits per heavy atom. The summed E-state index contributed by atoms with van der Waals surface area (Å²) in [6.07, 6.45) is 3.72. The van der Waals surface area contributed by atoms with E-state index in [1.54, 1.807) is 25.1 Å². The topological polar surface area (TPSA) is 105 Å². The number of hydrogen-bond acceptors (Lipinski definition) is 7. The number of nitrogens with one attached hydrogen (secondary N) is 1. The fourth-order valence-electron chi connectivity index (χ4n) is 2.77. The van der Waals surface area contributed by atoms with E-state index in [-0.39, 0.29) is 16.1 Å². The van der Waals surface area contributed by atoms with Gasteiger partial charge < -0.3 is 9.84 Å². The summed E-state index contributed by atoms with van der Waals surface area (Å²) in [7, 11) is -3.48. The number of pyridine rings is 1. The number of sulfonamides is 1. The minimum Gasteiger partial charge on any atom is -0.360 e. The van der Waals surface area contributed by atoms with Crippen molar-refractivity contribution in [3.63, 3.8) is 0 Å². The van der Waals surface area contributed by atoms with Crippen molar-refractivity contribution in [3.05, 3.63) is 30.2 Å². The molecule has 1 fully saturated rings. The molecule has 146 valence electrons. The maximum Gasteiger partial charge on any atom is 0.244 e. The second kappa shape index (κ2) is 8.41. The van der Waals surface area contributed by atoms with Gasteiger partial charge in [-0.05, 0) is 38.3 Å². The third-order valence-corrected chi connectivity index (χ3v) is 7.41. The molecule has 1 unspecified atom stereocenters. The van der Waals surface area contributed by atoms with Gasteiger partial charge in [0.05, 0.1) is 10.3 Å². The molecule has 0 spiro atoms. The first kappa shape index (κ1) is 19.8. The predicted octanol–water partition coefficient (Wildman–Crippen LogP) is 2.67. The number of carbonyl (C=O) groups excluding carboxylic acids is 1. The minimum absolute atomic E-state index is 0.185. The van der Waals surface area contributed by atoms with Gasteiger partial charge in [0, 0.05) is 25.4 Å². The van der Waals surface area contributed by atoms with Gasteiger partial charge in [-0.2, -0.15) is 4.31 Å². The molecule has 10 heteroatoms. The van der Waals surface area contributed by atoms with Crippen LogP contribution >= 0.6 is 11.8 Å². The van der Waals surface area contributed by atoms with Crippen LogP contribution < -0.4 is 5.32 Å². The van der Waals surface area contributed by atoms with Crippen LogP contribution in [0.4, 0.5) is 5.82 Å². The van der Waals surface area contributed by atoms with Crippen LogP contribution in [-0.2, 0) is 14.8 Å². The van der Waals surface area contributed by atoms with Crippen LogP contribution in [0.1, 0.15) is 31.9 Å². The number of amides is 1. The van der Waals surface area contributed by atoms with E-state index in [0.29, 0.717) is 36.1 Å². The molecule has 1 amide bonds. The zero-order chi connectivity index (χ0) is 19.4. The van der Waals surface area contributed by atoms with Gasteiger partial charge in [-0.3, -0.25) is 4.79 Å². The number of nitrogens with zero attached hydrogens (tertiary/aromatic N) is 3. The van der Waals surface area contributed by atoms with Gasteiger partial charge in [-0.25, -0.2) is 13.4 Å². The third kappa shape index (κ3) is 4.69. The summed E-state index contributed by atoms with van der Waals surface area (Å²) < 4.78 is 31.5. The Morgan fingerprint density at radius 3 is 2.67 bits per heavy atom. The molecule has 1 atom stereocenters. The minimum atomic E-state index is -3.48. The van der Waals surface area contributed by atoms with Crippen molar-refractivity contribution in [2.75, 3.05) is 18.4 Å². The standard InChI is InChI=1S/C17H22N4O4S2/c1-3-14(17(22)19-15-10-12(2)25-20-15)26-16-7-6-13(11-18-16)27(23,24)21-8-4-5-9-21/h6-7,10-11,14H,3-5,8-9H2,1-2H3,(H,19,20,22). The van der Waals surface area contributed by atoms with Crippen molar-refractivity contribution in [3.8, 4) is 0 Å². The van der Waals surface area contributed by atoms with Crippen LogP contribution in [0.3, 0.4) is 0 Å². The molecule has 1 aliphatic heterocycles. The lowest BCUT2D eigenvalue weighted by Gasteiger charge is -2.16. The maximum absolute atomic E-state index is 12.5. The molecular formula is C17H22N4O4S2. The fraction of sp³-hybridized carbons (Fsp3) is 0.471. The molecule has 1 aliphatic rings. The van der Waals surface area contributed by atoms with E-state index in [2.05, 4.69) is 15.5 Å². The molecule has 2 aromatic heterocycles. The number of rotatable bonds is 7. The number of aryl methyl sites for hydroxylation is 1. The molecule has 3 rings (SSSR count). The molecule has 2 aromatic rings. The van der Waals surface area contributed by atoms with Crippen LogP contribution in [0.25, 0.3) is 0 Å².